The molecular formula is C13H20O2. The summed E-state index contributed by atoms with van der Waals surface area (Å²) >= 11 is 0. The summed E-state index contributed by atoms with van der Waals surface area (Å²) in [6.07, 6.45) is 7.88. The van der Waals surface area contributed by atoms with Crippen molar-refractivity contribution < 1.29 is 10.2 Å². The topological polar surface area (TPSA) is 40.5 Å². The van der Waals surface area contributed by atoms with Crippen LogP contribution in [-0.2, 0) is 0 Å². The number of hydrogen-bond acceptors (Lipinski definition) is 2. The van der Waals surface area contributed by atoms with Crippen LogP contribution in [0.15, 0.2) is 24.8 Å². The maximum Gasteiger partial charge on any atom is 0.0691 e. The molecule has 1 saturated carbocycles. The highest BCUT2D eigenvalue weighted by atomic mass is 16.3. The lowest BCUT2D eigenvalue weighted by atomic mass is 9.72. The van der Waals surface area contributed by atoms with Crippen molar-refractivity contribution in [2.75, 3.05) is 6.61 Å². The third-order valence-corrected chi connectivity index (χ3v) is 4.11. The van der Waals surface area contributed by atoms with Gasteiger partial charge >= 0.3 is 0 Å². The average molecular weight is 208 g/mol. The first kappa shape index (κ1) is 10.9. The SMILES string of the molecule is C=CC[C@](C)(O)[C@@H]1C2C=CC(C2)[C@@H]1CO. The molecule has 15 heavy (non-hydrogen) atoms. The van der Waals surface area contributed by atoms with Crippen molar-refractivity contribution in [3.63, 3.8) is 0 Å². The van der Waals surface area contributed by atoms with Crippen LogP contribution in [0.2, 0.25) is 0 Å². The third-order valence-electron chi connectivity index (χ3n) is 4.11. The van der Waals surface area contributed by atoms with E-state index < -0.39 is 5.60 Å². The molecule has 0 heterocycles. The number of aliphatic hydroxyl groups excluding tert-OH is 1. The van der Waals surface area contributed by atoms with E-state index in [1.54, 1.807) is 6.08 Å². The standard InChI is InChI=1S/C13H20O2/c1-3-6-13(2,15)12-10-5-4-9(7-10)11(12)8-14/h3-5,9-12,14-15H,1,6-8H2,2H3/t9?,10?,11-,12+,13-/m0/s1. The predicted octanol–water partition coefficient (Wildman–Crippen LogP) is 1.74. The molecule has 2 bridgehead atoms. The number of allylic oxidation sites excluding steroid dienone is 2. The van der Waals surface area contributed by atoms with Crippen LogP contribution < -0.4 is 0 Å². The minimum atomic E-state index is -0.723. The molecule has 5 atom stereocenters. The van der Waals surface area contributed by atoms with Gasteiger partial charge in [-0.3, -0.25) is 0 Å². The zero-order valence-electron chi connectivity index (χ0n) is 9.26. The van der Waals surface area contributed by atoms with E-state index in [0.29, 0.717) is 18.3 Å². The molecule has 0 saturated heterocycles. The van der Waals surface area contributed by atoms with Gasteiger partial charge in [-0.05, 0) is 43.4 Å². The second-order valence-corrected chi connectivity index (χ2v) is 5.17. The molecule has 2 N–H and O–H groups in total. The van der Waals surface area contributed by atoms with Crippen LogP contribution in [0, 0.1) is 23.7 Å². The Kier molecular flexibility index (Phi) is 2.73. The molecule has 2 unspecified atom stereocenters. The van der Waals surface area contributed by atoms with E-state index in [2.05, 4.69) is 18.7 Å². The lowest BCUT2D eigenvalue weighted by molar-refractivity contribution is -0.0412. The quantitative estimate of drug-likeness (QED) is 0.691. The minimum absolute atomic E-state index is 0.184. The number of hydrogen-bond donors (Lipinski definition) is 2. The highest BCUT2D eigenvalue weighted by Crippen LogP contribution is 2.52. The Bertz CT molecular complexity index is 280. The van der Waals surface area contributed by atoms with Gasteiger partial charge in [0.25, 0.3) is 0 Å². The molecule has 84 valence electrons. The summed E-state index contributed by atoms with van der Waals surface area (Å²) in [5.41, 5.74) is -0.723. The van der Waals surface area contributed by atoms with Gasteiger partial charge in [-0.15, -0.1) is 6.58 Å². The number of aliphatic hydroxyl groups is 2. The fraction of sp³-hybridized carbons (Fsp3) is 0.692. The van der Waals surface area contributed by atoms with Gasteiger partial charge in [0.2, 0.25) is 0 Å². The normalized spacial score (nSPS) is 41.8. The summed E-state index contributed by atoms with van der Waals surface area (Å²) in [7, 11) is 0. The number of rotatable bonds is 4. The molecule has 2 nitrogen and oxygen atoms in total. The van der Waals surface area contributed by atoms with Gasteiger partial charge in [-0.2, -0.15) is 0 Å². The van der Waals surface area contributed by atoms with Crippen molar-refractivity contribution in [1.29, 1.82) is 0 Å². The van der Waals surface area contributed by atoms with Crippen molar-refractivity contribution in [2.45, 2.75) is 25.4 Å². The molecule has 2 aliphatic carbocycles. The first-order chi connectivity index (χ1) is 7.10. The largest absolute Gasteiger partial charge is 0.396 e. The van der Waals surface area contributed by atoms with Crippen LogP contribution >= 0.6 is 0 Å². The fourth-order valence-electron chi connectivity index (χ4n) is 3.52. The second-order valence-electron chi connectivity index (χ2n) is 5.17. The molecule has 0 aromatic rings. The summed E-state index contributed by atoms with van der Waals surface area (Å²) in [5, 5.41) is 19.8. The van der Waals surface area contributed by atoms with Crippen LogP contribution in [0.25, 0.3) is 0 Å². The Morgan fingerprint density at radius 3 is 2.73 bits per heavy atom. The van der Waals surface area contributed by atoms with E-state index in [1.807, 2.05) is 6.92 Å². The lowest BCUT2D eigenvalue weighted by Gasteiger charge is -2.38. The Labute approximate surface area is 91.3 Å². The van der Waals surface area contributed by atoms with Crippen LogP contribution in [0.4, 0.5) is 0 Å². The van der Waals surface area contributed by atoms with Gasteiger partial charge < -0.3 is 10.2 Å². The second kappa shape index (κ2) is 3.76. The van der Waals surface area contributed by atoms with Crippen LogP contribution in [0.5, 0.6) is 0 Å². The highest BCUT2D eigenvalue weighted by molar-refractivity contribution is 5.17. The van der Waals surface area contributed by atoms with Crippen LogP contribution in [0.1, 0.15) is 19.8 Å². The van der Waals surface area contributed by atoms with Gasteiger partial charge in [-0.25, -0.2) is 0 Å². The summed E-state index contributed by atoms with van der Waals surface area (Å²) in [6, 6.07) is 0. The van der Waals surface area contributed by atoms with E-state index >= 15 is 0 Å². The van der Waals surface area contributed by atoms with Crippen molar-refractivity contribution in [2.24, 2.45) is 23.7 Å². The lowest BCUT2D eigenvalue weighted by Crippen LogP contribution is -2.42. The molecule has 0 spiro atoms. The summed E-state index contributed by atoms with van der Waals surface area (Å²) in [5.74, 6) is 1.34. The first-order valence-corrected chi connectivity index (χ1v) is 5.72. The molecule has 2 heteroatoms. The van der Waals surface area contributed by atoms with Crippen LogP contribution in [-0.4, -0.2) is 22.4 Å². The van der Waals surface area contributed by atoms with Crippen LogP contribution in [0.3, 0.4) is 0 Å². The smallest absolute Gasteiger partial charge is 0.0691 e. The maximum absolute atomic E-state index is 10.4. The summed E-state index contributed by atoms with van der Waals surface area (Å²) < 4.78 is 0. The van der Waals surface area contributed by atoms with Gasteiger partial charge in [0.05, 0.1) is 5.60 Å². The molecule has 0 aromatic carbocycles. The molecule has 1 fully saturated rings. The van der Waals surface area contributed by atoms with E-state index in [1.165, 1.54) is 0 Å². The summed E-state index contributed by atoms with van der Waals surface area (Å²) in [4.78, 5) is 0. The van der Waals surface area contributed by atoms with Crippen molar-refractivity contribution in [1.82, 2.24) is 0 Å². The average Bonchev–Trinajstić information content (AvgIpc) is 2.75. The molecule has 2 rings (SSSR count). The Hall–Kier alpha value is -0.600. The molecular weight excluding hydrogens is 188 g/mol. The van der Waals surface area contributed by atoms with Gasteiger partial charge in [0, 0.05) is 6.61 Å². The van der Waals surface area contributed by atoms with E-state index in [4.69, 9.17) is 0 Å². The molecule has 0 amide bonds. The van der Waals surface area contributed by atoms with Crippen molar-refractivity contribution in [3.8, 4) is 0 Å². The monoisotopic (exact) mass is 208 g/mol. The Balaban J connectivity index is 2.21. The number of fused-ring (bicyclic) bond motifs is 2. The molecule has 0 aromatic heterocycles. The first-order valence-electron chi connectivity index (χ1n) is 5.72. The Morgan fingerprint density at radius 1 is 1.47 bits per heavy atom. The predicted molar refractivity (Wildman–Crippen MR) is 60.2 cm³/mol. The van der Waals surface area contributed by atoms with Crippen molar-refractivity contribution in [3.05, 3.63) is 24.8 Å². The van der Waals surface area contributed by atoms with Gasteiger partial charge in [0.1, 0.15) is 0 Å². The summed E-state index contributed by atoms with van der Waals surface area (Å²) in [6.45, 7) is 5.75. The van der Waals surface area contributed by atoms with E-state index in [9.17, 15) is 10.2 Å². The maximum atomic E-state index is 10.4. The third kappa shape index (κ3) is 1.66. The zero-order valence-corrected chi connectivity index (χ0v) is 9.26. The van der Waals surface area contributed by atoms with Crippen molar-refractivity contribution >= 4 is 0 Å². The van der Waals surface area contributed by atoms with Gasteiger partial charge in [0.15, 0.2) is 0 Å². The Morgan fingerprint density at radius 2 is 2.13 bits per heavy atom. The highest BCUT2D eigenvalue weighted by Gasteiger charge is 2.51. The molecule has 0 radical (unpaired) electrons. The molecule has 2 aliphatic rings. The van der Waals surface area contributed by atoms with E-state index in [-0.39, 0.29) is 18.4 Å². The zero-order chi connectivity index (χ0) is 11.1. The minimum Gasteiger partial charge on any atom is -0.396 e. The molecule has 0 aliphatic heterocycles. The van der Waals surface area contributed by atoms with Gasteiger partial charge in [-0.1, -0.05) is 18.2 Å². The fourth-order valence-corrected chi connectivity index (χ4v) is 3.52. The van der Waals surface area contributed by atoms with E-state index in [0.717, 1.165) is 6.42 Å².